The summed E-state index contributed by atoms with van der Waals surface area (Å²) in [7, 11) is 0. The van der Waals surface area contributed by atoms with Crippen molar-refractivity contribution >= 4 is 34.4 Å². The van der Waals surface area contributed by atoms with Crippen LogP contribution in [0, 0.1) is 0 Å². The molecule has 0 radical (unpaired) electrons. The fraction of sp³-hybridized carbons (Fsp3) is 0.143. The molecule has 3 N–H and O–H groups in total. The average Bonchev–Trinajstić information content (AvgIpc) is 3.16. The summed E-state index contributed by atoms with van der Waals surface area (Å²) in [5.41, 5.74) is 8.32. The quantitative estimate of drug-likeness (QED) is 0.269. The minimum atomic E-state index is -0.524. The van der Waals surface area contributed by atoms with E-state index in [2.05, 4.69) is 15.3 Å². The van der Waals surface area contributed by atoms with E-state index in [1.807, 2.05) is 35.7 Å². The van der Waals surface area contributed by atoms with Gasteiger partial charge in [-0.2, -0.15) is 0 Å². The van der Waals surface area contributed by atoms with Crippen LogP contribution in [0.3, 0.4) is 0 Å². The summed E-state index contributed by atoms with van der Waals surface area (Å²) in [4.78, 5) is 31.4. The highest BCUT2D eigenvalue weighted by molar-refractivity contribution is 7.14. The van der Waals surface area contributed by atoms with E-state index in [9.17, 15) is 9.59 Å². The zero-order valence-corrected chi connectivity index (χ0v) is 17.2. The number of esters is 2. The number of carbonyl (C=O) groups excluding carboxylic acids is 2. The molecule has 3 aromatic rings. The average molecular weight is 424 g/mol. The number of carbonyl (C=O) groups is 2. The highest BCUT2D eigenvalue weighted by Crippen LogP contribution is 2.34. The zero-order chi connectivity index (χ0) is 21.5. The van der Waals surface area contributed by atoms with Gasteiger partial charge in [0.25, 0.3) is 0 Å². The lowest BCUT2D eigenvalue weighted by Gasteiger charge is -2.09. The van der Waals surface area contributed by atoms with Crippen molar-refractivity contribution in [3.8, 4) is 22.8 Å². The predicted octanol–water partition coefficient (Wildman–Crippen LogP) is 3.59. The van der Waals surface area contributed by atoms with Gasteiger partial charge in [-0.25, -0.2) is 9.98 Å². The maximum Gasteiger partial charge on any atom is 0.308 e. The van der Waals surface area contributed by atoms with Crippen LogP contribution in [0.5, 0.6) is 11.5 Å². The number of benzene rings is 2. The van der Waals surface area contributed by atoms with Gasteiger partial charge < -0.3 is 20.5 Å². The van der Waals surface area contributed by atoms with E-state index in [1.54, 1.807) is 18.2 Å². The third kappa shape index (κ3) is 5.89. The summed E-state index contributed by atoms with van der Waals surface area (Å²) >= 11 is 1.35. The van der Waals surface area contributed by atoms with Crippen LogP contribution < -0.4 is 20.5 Å². The number of rotatable bonds is 6. The first-order valence-electron chi connectivity index (χ1n) is 8.98. The van der Waals surface area contributed by atoms with Crippen molar-refractivity contribution in [3.05, 3.63) is 59.5 Å². The van der Waals surface area contributed by atoms with Crippen molar-refractivity contribution in [1.29, 1.82) is 0 Å². The lowest BCUT2D eigenvalue weighted by atomic mass is 10.1. The van der Waals surface area contributed by atoms with Crippen LogP contribution in [0.2, 0.25) is 0 Å². The first-order valence-corrected chi connectivity index (χ1v) is 9.86. The molecule has 1 heterocycles. The smallest absolute Gasteiger partial charge is 0.308 e. The Labute approximate surface area is 177 Å². The molecule has 2 aromatic carbocycles. The lowest BCUT2D eigenvalue weighted by molar-refractivity contribution is -0.134. The van der Waals surface area contributed by atoms with Crippen LogP contribution in [0.1, 0.15) is 19.4 Å². The number of nitrogens with two attached hydrogens (primary N) is 1. The third-order valence-electron chi connectivity index (χ3n) is 3.76. The van der Waals surface area contributed by atoms with Gasteiger partial charge in [-0.3, -0.25) is 9.59 Å². The monoisotopic (exact) mass is 424 g/mol. The number of anilines is 1. The fourth-order valence-corrected chi connectivity index (χ4v) is 3.24. The van der Waals surface area contributed by atoms with Gasteiger partial charge in [-0.1, -0.05) is 30.3 Å². The molecule has 0 atom stereocenters. The van der Waals surface area contributed by atoms with Gasteiger partial charge >= 0.3 is 11.9 Å². The van der Waals surface area contributed by atoms with E-state index in [-0.39, 0.29) is 17.5 Å². The molecule has 0 spiro atoms. The number of guanidine groups is 1. The lowest BCUT2D eigenvalue weighted by Crippen LogP contribution is -2.22. The highest BCUT2D eigenvalue weighted by Gasteiger charge is 2.14. The molecule has 9 heteroatoms. The standard InChI is InChI=1S/C21H20N4O4S/c1-13(26)28-18-9-8-16(10-19(18)29-14(2)27)17-12-30-21(24-17)25-20(22)23-11-15-6-4-3-5-7-15/h3-10,12H,11H2,1-2H3,(H3,22,23,24,25). The minimum absolute atomic E-state index is 0.140. The second kappa shape index (κ2) is 9.66. The second-order valence-electron chi connectivity index (χ2n) is 6.20. The summed E-state index contributed by atoms with van der Waals surface area (Å²) in [5.74, 6) is -0.482. The molecule has 0 unspecified atom stereocenters. The summed E-state index contributed by atoms with van der Waals surface area (Å²) < 4.78 is 10.2. The summed E-state index contributed by atoms with van der Waals surface area (Å²) in [5, 5.41) is 5.36. The Morgan fingerprint density at radius 3 is 2.47 bits per heavy atom. The van der Waals surface area contributed by atoms with Gasteiger partial charge in [0.15, 0.2) is 22.6 Å². The summed E-state index contributed by atoms with van der Waals surface area (Å²) in [6, 6.07) is 14.6. The van der Waals surface area contributed by atoms with Gasteiger partial charge in [0.05, 0.1) is 12.2 Å². The molecule has 0 saturated carbocycles. The van der Waals surface area contributed by atoms with Crippen LogP contribution in [0.25, 0.3) is 11.3 Å². The van der Waals surface area contributed by atoms with Crippen LogP contribution in [-0.4, -0.2) is 22.9 Å². The largest absolute Gasteiger partial charge is 0.423 e. The van der Waals surface area contributed by atoms with Crippen molar-refractivity contribution in [3.63, 3.8) is 0 Å². The normalized spacial score (nSPS) is 11.1. The van der Waals surface area contributed by atoms with E-state index in [4.69, 9.17) is 15.2 Å². The summed E-state index contributed by atoms with van der Waals surface area (Å²) in [6.45, 7) is 3.00. The fourth-order valence-electron chi connectivity index (χ4n) is 2.51. The van der Waals surface area contributed by atoms with E-state index < -0.39 is 11.9 Å². The highest BCUT2D eigenvalue weighted by atomic mass is 32.1. The minimum Gasteiger partial charge on any atom is -0.423 e. The first kappa shape index (κ1) is 21.0. The maximum absolute atomic E-state index is 11.4. The van der Waals surface area contributed by atoms with Gasteiger partial charge in [0, 0.05) is 24.8 Å². The van der Waals surface area contributed by atoms with E-state index >= 15 is 0 Å². The van der Waals surface area contributed by atoms with Crippen LogP contribution in [0.15, 0.2) is 58.9 Å². The molecule has 0 aliphatic carbocycles. The van der Waals surface area contributed by atoms with Gasteiger partial charge in [-0.15, -0.1) is 11.3 Å². The number of aromatic nitrogens is 1. The Morgan fingerprint density at radius 1 is 1.07 bits per heavy atom. The van der Waals surface area contributed by atoms with Gasteiger partial charge in [-0.05, 0) is 23.8 Å². The number of ether oxygens (including phenoxy) is 2. The molecular formula is C21H20N4O4S. The molecule has 3 rings (SSSR count). The molecule has 0 fully saturated rings. The summed E-state index contributed by atoms with van der Waals surface area (Å²) in [6.07, 6.45) is 0. The third-order valence-corrected chi connectivity index (χ3v) is 4.52. The number of hydrogen-bond donors (Lipinski definition) is 2. The van der Waals surface area contributed by atoms with Crippen molar-refractivity contribution in [2.75, 3.05) is 5.32 Å². The second-order valence-corrected chi connectivity index (χ2v) is 7.06. The Balaban J connectivity index is 1.74. The maximum atomic E-state index is 11.4. The van der Waals surface area contributed by atoms with E-state index in [0.717, 1.165) is 5.56 Å². The first-order chi connectivity index (χ1) is 14.4. The van der Waals surface area contributed by atoms with E-state index in [1.165, 1.54) is 25.2 Å². The van der Waals surface area contributed by atoms with Crippen molar-refractivity contribution < 1.29 is 19.1 Å². The molecular weight excluding hydrogens is 404 g/mol. The zero-order valence-electron chi connectivity index (χ0n) is 16.4. The van der Waals surface area contributed by atoms with Crippen molar-refractivity contribution in [2.24, 2.45) is 10.7 Å². The Morgan fingerprint density at radius 2 is 1.77 bits per heavy atom. The van der Waals surface area contributed by atoms with Crippen LogP contribution in [-0.2, 0) is 16.1 Å². The molecule has 8 nitrogen and oxygen atoms in total. The number of aliphatic imine (C=N–C) groups is 1. The molecule has 0 aliphatic rings. The molecule has 0 amide bonds. The SMILES string of the molecule is CC(=O)Oc1ccc(-c2csc(NC(N)=NCc3ccccc3)n2)cc1OC(C)=O. The van der Waals surface area contributed by atoms with E-state index in [0.29, 0.717) is 22.9 Å². The Bertz CT molecular complexity index is 1080. The topological polar surface area (TPSA) is 116 Å². The molecule has 1 aromatic heterocycles. The van der Waals surface area contributed by atoms with Gasteiger partial charge in [0.1, 0.15) is 0 Å². The molecule has 0 bridgehead atoms. The van der Waals surface area contributed by atoms with Crippen LogP contribution in [0.4, 0.5) is 5.13 Å². The number of thiazole rings is 1. The Hall–Kier alpha value is -3.72. The Kier molecular flexibility index (Phi) is 6.76. The number of hydrogen-bond acceptors (Lipinski definition) is 7. The molecule has 30 heavy (non-hydrogen) atoms. The van der Waals surface area contributed by atoms with Gasteiger partial charge in [0.2, 0.25) is 0 Å². The predicted molar refractivity (Wildman–Crippen MR) is 116 cm³/mol. The van der Waals surface area contributed by atoms with Crippen LogP contribution >= 0.6 is 11.3 Å². The molecule has 0 saturated heterocycles. The van der Waals surface area contributed by atoms with Crippen molar-refractivity contribution in [2.45, 2.75) is 20.4 Å². The molecule has 0 aliphatic heterocycles. The number of nitrogens with one attached hydrogen (secondary N) is 1. The molecule has 154 valence electrons. The van der Waals surface area contributed by atoms with Crippen molar-refractivity contribution in [1.82, 2.24) is 4.98 Å². The number of nitrogens with zero attached hydrogens (tertiary/aromatic N) is 2.